The highest BCUT2D eigenvalue weighted by molar-refractivity contribution is 5.92. The summed E-state index contributed by atoms with van der Waals surface area (Å²) >= 11 is 0. The molecule has 0 aliphatic heterocycles. The van der Waals surface area contributed by atoms with Crippen LogP contribution in [0.15, 0.2) is 66.7 Å². The summed E-state index contributed by atoms with van der Waals surface area (Å²) in [4.78, 5) is 12.1. The van der Waals surface area contributed by atoms with Gasteiger partial charge in [0.1, 0.15) is 11.6 Å². The smallest absolute Gasteiger partial charge is 0.244 e. The largest absolute Gasteiger partial charge is 0.394 e. The van der Waals surface area contributed by atoms with Crippen molar-refractivity contribution < 1.29 is 18.7 Å². The Hall–Kier alpha value is -3.05. The lowest BCUT2D eigenvalue weighted by Gasteiger charge is -2.16. The van der Waals surface area contributed by atoms with Gasteiger partial charge in [-0.15, -0.1) is 0 Å². The molecule has 3 nitrogen and oxygen atoms in total. The molecular weight excluding hydrogens is 336 g/mol. The van der Waals surface area contributed by atoms with Crippen LogP contribution in [-0.2, 0) is 4.79 Å². The first kappa shape index (κ1) is 17.8. The average molecular weight is 353 g/mol. The standard InChI is InChI=1S/C21H17F2NO2/c22-18-8-9-19(23)16(12-18)7-10-21(26)24-20(13-25)17-6-5-14-3-1-2-4-15(14)11-17/h1-12,20,25H,13H2,(H,24,26)/t20-/m0/s1. The van der Waals surface area contributed by atoms with Gasteiger partial charge in [-0.2, -0.15) is 0 Å². The van der Waals surface area contributed by atoms with E-state index in [1.807, 2.05) is 42.5 Å². The number of hydrogen-bond donors (Lipinski definition) is 2. The molecule has 3 rings (SSSR count). The third kappa shape index (κ3) is 4.13. The first-order valence-corrected chi connectivity index (χ1v) is 8.10. The van der Waals surface area contributed by atoms with Gasteiger partial charge in [0.05, 0.1) is 12.6 Å². The Morgan fingerprint density at radius 1 is 1.04 bits per heavy atom. The highest BCUT2D eigenvalue weighted by Crippen LogP contribution is 2.20. The van der Waals surface area contributed by atoms with Crippen LogP contribution < -0.4 is 5.32 Å². The molecule has 0 fully saturated rings. The van der Waals surface area contributed by atoms with E-state index in [0.29, 0.717) is 0 Å². The topological polar surface area (TPSA) is 49.3 Å². The van der Waals surface area contributed by atoms with Gasteiger partial charge >= 0.3 is 0 Å². The number of rotatable bonds is 5. The molecule has 0 bridgehead atoms. The van der Waals surface area contributed by atoms with E-state index in [4.69, 9.17) is 0 Å². The van der Waals surface area contributed by atoms with E-state index in [-0.39, 0.29) is 12.2 Å². The summed E-state index contributed by atoms with van der Waals surface area (Å²) in [6.45, 7) is -0.285. The predicted octanol–water partition coefficient (Wildman–Crippen LogP) is 3.98. The molecule has 132 valence electrons. The third-order valence-electron chi connectivity index (χ3n) is 4.05. The van der Waals surface area contributed by atoms with Crippen molar-refractivity contribution in [1.82, 2.24) is 5.32 Å². The molecule has 3 aromatic rings. The Morgan fingerprint density at radius 3 is 2.58 bits per heavy atom. The lowest BCUT2D eigenvalue weighted by molar-refractivity contribution is -0.117. The Labute approximate surface area is 149 Å². The molecule has 2 N–H and O–H groups in total. The van der Waals surface area contributed by atoms with Crippen LogP contribution in [-0.4, -0.2) is 17.6 Å². The molecule has 0 saturated carbocycles. The quantitative estimate of drug-likeness (QED) is 0.682. The number of amides is 1. The summed E-state index contributed by atoms with van der Waals surface area (Å²) in [6, 6.07) is 15.8. The van der Waals surface area contributed by atoms with Gasteiger partial charge < -0.3 is 10.4 Å². The van der Waals surface area contributed by atoms with Crippen LogP contribution >= 0.6 is 0 Å². The summed E-state index contributed by atoms with van der Waals surface area (Å²) in [5.74, 6) is -1.72. The first-order valence-electron chi connectivity index (χ1n) is 8.10. The molecule has 0 heterocycles. The fraction of sp³-hybridized carbons (Fsp3) is 0.0952. The second-order valence-corrected chi connectivity index (χ2v) is 5.85. The lowest BCUT2D eigenvalue weighted by atomic mass is 10.0. The van der Waals surface area contributed by atoms with Gasteiger partial charge in [-0.1, -0.05) is 36.4 Å². The minimum absolute atomic E-state index is 0.0218. The van der Waals surface area contributed by atoms with Crippen molar-refractivity contribution in [3.63, 3.8) is 0 Å². The van der Waals surface area contributed by atoms with Crippen molar-refractivity contribution in [2.75, 3.05) is 6.61 Å². The molecule has 5 heteroatoms. The van der Waals surface area contributed by atoms with Crippen molar-refractivity contribution in [3.8, 4) is 0 Å². The van der Waals surface area contributed by atoms with Crippen molar-refractivity contribution in [2.45, 2.75) is 6.04 Å². The van der Waals surface area contributed by atoms with Crippen molar-refractivity contribution in [2.24, 2.45) is 0 Å². The van der Waals surface area contributed by atoms with Gasteiger partial charge in [0.15, 0.2) is 0 Å². The third-order valence-corrected chi connectivity index (χ3v) is 4.05. The number of carbonyl (C=O) groups excluding carboxylic acids is 1. The zero-order chi connectivity index (χ0) is 18.5. The van der Waals surface area contributed by atoms with E-state index >= 15 is 0 Å². The molecule has 26 heavy (non-hydrogen) atoms. The summed E-state index contributed by atoms with van der Waals surface area (Å²) in [6.07, 6.45) is 2.31. The molecule has 0 spiro atoms. The molecule has 1 amide bonds. The van der Waals surface area contributed by atoms with E-state index in [1.165, 1.54) is 6.08 Å². The molecule has 0 aliphatic rings. The Kier molecular flexibility index (Phi) is 5.39. The number of aliphatic hydroxyl groups excluding tert-OH is 1. The number of halogens is 2. The lowest BCUT2D eigenvalue weighted by Crippen LogP contribution is -2.29. The number of aliphatic hydroxyl groups is 1. The van der Waals surface area contributed by atoms with Crippen molar-refractivity contribution in [1.29, 1.82) is 0 Å². The highest BCUT2D eigenvalue weighted by Gasteiger charge is 2.13. The van der Waals surface area contributed by atoms with Crippen LogP contribution in [0.1, 0.15) is 17.2 Å². The number of hydrogen-bond acceptors (Lipinski definition) is 2. The van der Waals surface area contributed by atoms with Gasteiger partial charge in [-0.05, 0) is 46.7 Å². The summed E-state index contributed by atoms with van der Waals surface area (Å²) in [5.41, 5.74) is 0.733. The maximum Gasteiger partial charge on any atom is 0.244 e. The SMILES string of the molecule is O=C(C=Cc1cc(F)ccc1F)N[C@@H](CO)c1ccc2ccccc2c1. The number of fused-ring (bicyclic) bond motifs is 1. The first-order chi connectivity index (χ1) is 12.6. The van der Waals surface area contributed by atoms with Gasteiger partial charge in [0.2, 0.25) is 5.91 Å². The predicted molar refractivity (Wildman–Crippen MR) is 97.3 cm³/mol. The van der Waals surface area contributed by atoms with E-state index in [1.54, 1.807) is 0 Å². The number of carbonyl (C=O) groups is 1. The normalized spacial score (nSPS) is 12.4. The fourth-order valence-electron chi connectivity index (χ4n) is 2.69. The summed E-state index contributed by atoms with van der Waals surface area (Å²) in [7, 11) is 0. The zero-order valence-electron chi connectivity index (χ0n) is 13.8. The number of benzene rings is 3. The van der Waals surface area contributed by atoms with Crippen LogP contribution in [0.3, 0.4) is 0 Å². The molecular formula is C21H17F2NO2. The van der Waals surface area contributed by atoms with Crippen LogP contribution in [0.5, 0.6) is 0 Å². The second-order valence-electron chi connectivity index (χ2n) is 5.85. The Morgan fingerprint density at radius 2 is 1.81 bits per heavy atom. The van der Waals surface area contributed by atoms with E-state index in [2.05, 4.69) is 5.32 Å². The van der Waals surface area contributed by atoms with E-state index in [0.717, 1.165) is 40.6 Å². The highest BCUT2D eigenvalue weighted by atomic mass is 19.1. The molecule has 0 saturated heterocycles. The van der Waals surface area contributed by atoms with Crippen molar-refractivity contribution >= 4 is 22.8 Å². The molecule has 0 aliphatic carbocycles. The maximum atomic E-state index is 13.6. The Bertz CT molecular complexity index is 969. The van der Waals surface area contributed by atoms with Gasteiger partial charge in [-0.25, -0.2) is 8.78 Å². The van der Waals surface area contributed by atoms with E-state index < -0.39 is 23.6 Å². The minimum atomic E-state index is -0.622. The molecule has 0 aromatic heterocycles. The Balaban J connectivity index is 1.75. The minimum Gasteiger partial charge on any atom is -0.394 e. The fourth-order valence-corrected chi connectivity index (χ4v) is 2.69. The maximum absolute atomic E-state index is 13.6. The van der Waals surface area contributed by atoms with Crippen LogP contribution in [0.4, 0.5) is 8.78 Å². The average Bonchev–Trinajstić information content (AvgIpc) is 2.66. The van der Waals surface area contributed by atoms with Gasteiger partial charge in [0, 0.05) is 11.6 Å². The second kappa shape index (κ2) is 7.89. The number of nitrogens with one attached hydrogen (secondary N) is 1. The molecule has 1 atom stereocenters. The van der Waals surface area contributed by atoms with Crippen LogP contribution in [0, 0.1) is 11.6 Å². The van der Waals surface area contributed by atoms with Crippen molar-refractivity contribution in [3.05, 3.63) is 89.5 Å². The van der Waals surface area contributed by atoms with E-state index in [9.17, 15) is 18.7 Å². The van der Waals surface area contributed by atoms with Crippen LogP contribution in [0.2, 0.25) is 0 Å². The molecule has 0 radical (unpaired) electrons. The summed E-state index contributed by atoms with van der Waals surface area (Å²) < 4.78 is 26.7. The summed E-state index contributed by atoms with van der Waals surface area (Å²) in [5, 5.41) is 14.3. The van der Waals surface area contributed by atoms with Gasteiger partial charge in [0.25, 0.3) is 0 Å². The van der Waals surface area contributed by atoms with Crippen LogP contribution in [0.25, 0.3) is 16.8 Å². The monoisotopic (exact) mass is 353 g/mol. The molecule has 0 unspecified atom stereocenters. The zero-order valence-corrected chi connectivity index (χ0v) is 13.8. The van der Waals surface area contributed by atoms with Gasteiger partial charge in [-0.3, -0.25) is 4.79 Å². The molecule has 3 aromatic carbocycles.